The van der Waals surface area contributed by atoms with Crippen molar-refractivity contribution in [3.63, 3.8) is 0 Å². The van der Waals surface area contributed by atoms with E-state index in [0.29, 0.717) is 48.8 Å². The number of carbonyl (C=O) groups excluding carboxylic acids is 1. The van der Waals surface area contributed by atoms with E-state index in [1.54, 1.807) is 6.07 Å². The van der Waals surface area contributed by atoms with Gasteiger partial charge >= 0.3 is 0 Å². The molecule has 0 atom stereocenters. The van der Waals surface area contributed by atoms with Crippen molar-refractivity contribution in [3.8, 4) is 22.8 Å². The highest BCUT2D eigenvalue weighted by Gasteiger charge is 2.14. The molecule has 7 heteroatoms. The smallest absolute Gasteiger partial charge is 0.275 e. The minimum absolute atomic E-state index is 0.156. The summed E-state index contributed by atoms with van der Waals surface area (Å²) in [5.41, 5.74) is 2.29. The first kappa shape index (κ1) is 24.0. The fourth-order valence-corrected chi connectivity index (χ4v) is 3.94. The largest absolute Gasteiger partial charge is 0.490 e. The number of aromatic nitrogens is 2. The van der Waals surface area contributed by atoms with E-state index in [0.717, 1.165) is 16.5 Å². The van der Waals surface area contributed by atoms with Gasteiger partial charge in [-0.3, -0.25) is 9.59 Å². The van der Waals surface area contributed by atoms with E-state index in [1.807, 2.05) is 80.6 Å². The van der Waals surface area contributed by atoms with Crippen LogP contribution in [-0.4, -0.2) is 35.4 Å². The van der Waals surface area contributed by atoms with Crippen LogP contribution >= 0.6 is 0 Å². The predicted molar refractivity (Wildman–Crippen MR) is 137 cm³/mol. The molecule has 1 amide bonds. The lowest BCUT2D eigenvalue weighted by molar-refractivity contribution is -0.121. The van der Waals surface area contributed by atoms with Crippen molar-refractivity contribution in [3.05, 3.63) is 88.7 Å². The van der Waals surface area contributed by atoms with Crippen molar-refractivity contribution >= 4 is 16.7 Å². The molecule has 0 radical (unpaired) electrons. The summed E-state index contributed by atoms with van der Waals surface area (Å²) in [7, 11) is 0. The molecule has 7 nitrogen and oxygen atoms in total. The van der Waals surface area contributed by atoms with E-state index >= 15 is 0 Å². The van der Waals surface area contributed by atoms with Crippen LogP contribution < -0.4 is 20.3 Å². The zero-order valence-electron chi connectivity index (χ0n) is 20.0. The summed E-state index contributed by atoms with van der Waals surface area (Å²) in [5.74, 6) is 1.13. The second-order valence-electron chi connectivity index (χ2n) is 7.97. The highest BCUT2D eigenvalue weighted by molar-refractivity contribution is 5.93. The monoisotopic (exact) mass is 471 g/mol. The molecule has 1 N–H and O–H groups in total. The number of rotatable bonds is 10. The first-order valence-electron chi connectivity index (χ1n) is 11.8. The lowest BCUT2D eigenvalue weighted by Crippen LogP contribution is -2.35. The Bertz CT molecular complexity index is 1370. The third kappa shape index (κ3) is 5.69. The molecule has 180 valence electrons. The van der Waals surface area contributed by atoms with Gasteiger partial charge in [0, 0.05) is 17.5 Å². The number of ether oxygens (including phenoxy) is 2. The van der Waals surface area contributed by atoms with Gasteiger partial charge in [0.15, 0.2) is 11.5 Å². The molecular formula is C28H29N3O4. The maximum Gasteiger partial charge on any atom is 0.275 e. The first-order valence-corrected chi connectivity index (χ1v) is 11.8. The summed E-state index contributed by atoms with van der Waals surface area (Å²) in [4.78, 5) is 25.7. The molecule has 4 aromatic rings. The second-order valence-corrected chi connectivity index (χ2v) is 7.97. The first-order chi connectivity index (χ1) is 17.1. The number of hydrogen-bond donors (Lipinski definition) is 1. The van der Waals surface area contributed by atoms with Crippen LogP contribution in [0, 0.1) is 0 Å². The molecule has 3 aromatic carbocycles. The second kappa shape index (κ2) is 11.3. The van der Waals surface area contributed by atoms with E-state index in [9.17, 15) is 9.59 Å². The van der Waals surface area contributed by atoms with E-state index < -0.39 is 0 Å². The number of fused-ring (bicyclic) bond motifs is 1. The molecule has 0 saturated heterocycles. The third-order valence-corrected chi connectivity index (χ3v) is 5.55. The van der Waals surface area contributed by atoms with Gasteiger partial charge in [0.25, 0.3) is 5.56 Å². The molecule has 1 aromatic heterocycles. The van der Waals surface area contributed by atoms with Gasteiger partial charge in [0.2, 0.25) is 5.91 Å². The Morgan fingerprint density at radius 2 is 1.57 bits per heavy atom. The van der Waals surface area contributed by atoms with Crippen LogP contribution in [0.1, 0.15) is 19.4 Å². The predicted octanol–water partition coefficient (Wildman–Crippen LogP) is 4.22. The summed E-state index contributed by atoms with van der Waals surface area (Å²) in [5, 5.41) is 8.74. The van der Waals surface area contributed by atoms with Crippen molar-refractivity contribution in [2.45, 2.75) is 26.8 Å². The molecule has 0 saturated carbocycles. The fourth-order valence-electron chi connectivity index (χ4n) is 3.94. The minimum atomic E-state index is -0.289. The SMILES string of the molecule is CCOc1ccc(CCNC(=O)Cn2nc(-c3ccccc3)c3ccccc3c2=O)cc1OCC. The molecule has 35 heavy (non-hydrogen) atoms. The highest BCUT2D eigenvalue weighted by atomic mass is 16.5. The van der Waals surface area contributed by atoms with E-state index in [4.69, 9.17) is 9.47 Å². The number of amides is 1. The Kier molecular flexibility index (Phi) is 7.77. The molecule has 0 unspecified atom stereocenters. The highest BCUT2D eigenvalue weighted by Crippen LogP contribution is 2.28. The van der Waals surface area contributed by atoms with Gasteiger partial charge in [-0.1, -0.05) is 54.6 Å². The van der Waals surface area contributed by atoms with Gasteiger partial charge in [-0.05, 0) is 44.0 Å². The van der Waals surface area contributed by atoms with Crippen LogP contribution in [-0.2, 0) is 17.8 Å². The van der Waals surface area contributed by atoms with Crippen molar-refractivity contribution in [2.24, 2.45) is 0 Å². The third-order valence-electron chi connectivity index (χ3n) is 5.55. The van der Waals surface area contributed by atoms with Crippen molar-refractivity contribution in [2.75, 3.05) is 19.8 Å². The Morgan fingerprint density at radius 1 is 0.886 bits per heavy atom. The Morgan fingerprint density at radius 3 is 2.31 bits per heavy atom. The standard InChI is InChI=1S/C28H29N3O4/c1-3-34-24-15-14-20(18-25(24)35-4-2)16-17-29-26(32)19-31-28(33)23-13-9-8-12-22(23)27(30-31)21-10-6-5-7-11-21/h5-15,18H,3-4,16-17,19H2,1-2H3,(H,29,32). The number of benzene rings is 3. The molecule has 0 aliphatic rings. The Hall–Kier alpha value is -4.13. The summed E-state index contributed by atoms with van der Waals surface area (Å²) < 4.78 is 12.5. The Balaban J connectivity index is 1.47. The molecule has 1 heterocycles. The number of carbonyl (C=O) groups is 1. The average Bonchev–Trinajstić information content (AvgIpc) is 2.88. The van der Waals surface area contributed by atoms with Crippen LogP contribution in [0.2, 0.25) is 0 Å². The van der Waals surface area contributed by atoms with Crippen LogP contribution in [0.3, 0.4) is 0 Å². The van der Waals surface area contributed by atoms with Crippen LogP contribution in [0.15, 0.2) is 77.6 Å². The van der Waals surface area contributed by atoms with Gasteiger partial charge in [0.05, 0.1) is 24.3 Å². The lowest BCUT2D eigenvalue weighted by Gasteiger charge is -2.13. The number of nitrogens with one attached hydrogen (secondary N) is 1. The zero-order valence-corrected chi connectivity index (χ0v) is 20.0. The quantitative estimate of drug-likeness (QED) is 0.375. The summed E-state index contributed by atoms with van der Waals surface area (Å²) in [6, 6.07) is 22.8. The van der Waals surface area contributed by atoms with E-state index in [-0.39, 0.29) is 18.0 Å². The zero-order chi connectivity index (χ0) is 24.6. The molecule has 0 bridgehead atoms. The van der Waals surface area contributed by atoms with Crippen molar-refractivity contribution in [1.82, 2.24) is 15.1 Å². The van der Waals surface area contributed by atoms with Crippen molar-refractivity contribution in [1.29, 1.82) is 0 Å². The average molecular weight is 472 g/mol. The normalized spacial score (nSPS) is 10.8. The molecule has 0 aliphatic carbocycles. The minimum Gasteiger partial charge on any atom is -0.490 e. The molecule has 4 rings (SSSR count). The summed E-state index contributed by atoms with van der Waals surface area (Å²) in [6.07, 6.45) is 0.619. The van der Waals surface area contributed by atoms with Crippen LogP contribution in [0.5, 0.6) is 11.5 Å². The van der Waals surface area contributed by atoms with E-state index in [1.165, 1.54) is 4.68 Å². The molecule has 0 fully saturated rings. The maximum absolute atomic E-state index is 13.0. The summed E-state index contributed by atoms with van der Waals surface area (Å²) in [6.45, 7) is 5.22. The van der Waals surface area contributed by atoms with Gasteiger partial charge in [0.1, 0.15) is 6.54 Å². The molecule has 0 spiro atoms. The lowest BCUT2D eigenvalue weighted by atomic mass is 10.1. The number of hydrogen-bond acceptors (Lipinski definition) is 5. The Labute approximate surface area is 204 Å². The van der Waals surface area contributed by atoms with Crippen LogP contribution in [0.25, 0.3) is 22.0 Å². The molecule has 0 aliphatic heterocycles. The van der Waals surface area contributed by atoms with Gasteiger partial charge < -0.3 is 14.8 Å². The fraction of sp³-hybridized carbons (Fsp3) is 0.250. The van der Waals surface area contributed by atoms with E-state index in [2.05, 4.69) is 10.4 Å². The van der Waals surface area contributed by atoms with Crippen LogP contribution in [0.4, 0.5) is 0 Å². The summed E-state index contributed by atoms with van der Waals surface area (Å²) >= 11 is 0. The van der Waals surface area contributed by atoms with Gasteiger partial charge in [-0.2, -0.15) is 5.10 Å². The number of nitrogens with zero attached hydrogens (tertiary/aromatic N) is 2. The molecular weight excluding hydrogens is 442 g/mol. The van der Waals surface area contributed by atoms with Gasteiger partial charge in [-0.15, -0.1) is 0 Å². The van der Waals surface area contributed by atoms with Crippen molar-refractivity contribution < 1.29 is 14.3 Å². The topological polar surface area (TPSA) is 82.5 Å². The van der Waals surface area contributed by atoms with Gasteiger partial charge in [-0.25, -0.2) is 4.68 Å². The maximum atomic E-state index is 13.0.